The molecule has 1 atom stereocenters. The zero-order valence-corrected chi connectivity index (χ0v) is 19.7. The molecule has 1 amide bonds. The Morgan fingerprint density at radius 1 is 1.00 bits per heavy atom. The number of benzene rings is 3. The minimum atomic E-state index is -3.68. The van der Waals surface area contributed by atoms with Gasteiger partial charge in [-0.3, -0.25) is 9.10 Å². The lowest BCUT2D eigenvalue weighted by molar-refractivity contribution is 0.0932. The highest BCUT2D eigenvalue weighted by atomic mass is 32.2. The lowest BCUT2D eigenvalue weighted by Gasteiger charge is -2.26. The van der Waals surface area contributed by atoms with Crippen molar-refractivity contribution < 1.29 is 13.2 Å². The van der Waals surface area contributed by atoms with Crippen LogP contribution in [0.5, 0.6) is 0 Å². The first-order valence-corrected chi connectivity index (χ1v) is 13.2. The summed E-state index contributed by atoms with van der Waals surface area (Å²) in [6, 6.07) is 21.7. The summed E-state index contributed by atoms with van der Waals surface area (Å²) in [4.78, 5) is 14.1. The fourth-order valence-electron chi connectivity index (χ4n) is 4.01. The number of amides is 1. The van der Waals surface area contributed by atoms with Crippen molar-refractivity contribution >= 4 is 33.4 Å². The van der Waals surface area contributed by atoms with Gasteiger partial charge in [-0.2, -0.15) is 0 Å². The Balaban J connectivity index is 1.48. The maximum Gasteiger partial charge on any atom is 0.264 e. The first-order valence-electron chi connectivity index (χ1n) is 10.5. The van der Waals surface area contributed by atoms with Crippen molar-refractivity contribution in [2.75, 3.05) is 17.6 Å². The van der Waals surface area contributed by atoms with E-state index in [1.54, 1.807) is 60.3 Å². The van der Waals surface area contributed by atoms with Crippen molar-refractivity contribution in [1.82, 2.24) is 5.32 Å². The van der Waals surface area contributed by atoms with Gasteiger partial charge in [-0.15, -0.1) is 11.8 Å². The summed E-state index contributed by atoms with van der Waals surface area (Å²) in [6.07, 6.45) is 4.94. The second-order valence-corrected chi connectivity index (χ2v) is 10.7. The lowest BCUT2D eigenvalue weighted by atomic mass is 9.87. The molecule has 0 bridgehead atoms. The number of nitrogens with one attached hydrogen (secondary N) is 1. The monoisotopic (exact) mass is 466 g/mol. The van der Waals surface area contributed by atoms with Crippen molar-refractivity contribution in [2.45, 2.75) is 35.1 Å². The molecule has 0 aromatic heterocycles. The Labute approximate surface area is 193 Å². The Kier molecular flexibility index (Phi) is 6.58. The van der Waals surface area contributed by atoms with Crippen molar-refractivity contribution in [2.24, 2.45) is 0 Å². The van der Waals surface area contributed by atoms with E-state index in [0.717, 1.165) is 24.2 Å². The summed E-state index contributed by atoms with van der Waals surface area (Å²) in [6.45, 7) is 0. The van der Waals surface area contributed by atoms with Gasteiger partial charge >= 0.3 is 0 Å². The number of thioether (sulfide) groups is 1. The van der Waals surface area contributed by atoms with E-state index >= 15 is 0 Å². The highest BCUT2D eigenvalue weighted by molar-refractivity contribution is 7.98. The van der Waals surface area contributed by atoms with E-state index < -0.39 is 10.0 Å². The van der Waals surface area contributed by atoms with Crippen LogP contribution in [0.4, 0.5) is 5.69 Å². The molecule has 0 saturated heterocycles. The third-order valence-corrected chi connectivity index (χ3v) is 8.43. The molecule has 1 aliphatic rings. The topological polar surface area (TPSA) is 66.5 Å². The van der Waals surface area contributed by atoms with E-state index in [9.17, 15) is 13.2 Å². The first-order chi connectivity index (χ1) is 15.4. The predicted molar refractivity (Wildman–Crippen MR) is 130 cm³/mol. The molecule has 7 heteroatoms. The number of sulfonamides is 1. The summed E-state index contributed by atoms with van der Waals surface area (Å²) < 4.78 is 27.2. The zero-order chi connectivity index (χ0) is 22.7. The molecular weight excluding hydrogens is 440 g/mol. The molecule has 166 valence electrons. The van der Waals surface area contributed by atoms with Gasteiger partial charge in [0.2, 0.25) is 0 Å². The predicted octanol–water partition coefficient (Wildman–Crippen LogP) is 5.04. The number of fused-ring (bicyclic) bond motifs is 1. The molecule has 1 N–H and O–H groups in total. The van der Waals surface area contributed by atoms with Crippen LogP contribution >= 0.6 is 11.8 Å². The van der Waals surface area contributed by atoms with Gasteiger partial charge in [-0.1, -0.05) is 24.3 Å². The maximum atomic E-state index is 13.0. The highest BCUT2D eigenvalue weighted by Gasteiger charge is 2.23. The van der Waals surface area contributed by atoms with Gasteiger partial charge in [-0.25, -0.2) is 8.42 Å². The second kappa shape index (κ2) is 9.38. The fourth-order valence-corrected chi connectivity index (χ4v) is 5.62. The van der Waals surface area contributed by atoms with Crippen LogP contribution < -0.4 is 9.62 Å². The van der Waals surface area contributed by atoms with Crippen LogP contribution in [-0.2, 0) is 16.4 Å². The molecule has 0 radical (unpaired) electrons. The average Bonchev–Trinajstić information content (AvgIpc) is 2.84. The maximum absolute atomic E-state index is 13.0. The molecule has 0 aliphatic heterocycles. The van der Waals surface area contributed by atoms with Crippen LogP contribution in [-0.4, -0.2) is 27.6 Å². The molecule has 5 nitrogen and oxygen atoms in total. The van der Waals surface area contributed by atoms with Gasteiger partial charge in [0.15, 0.2) is 0 Å². The summed E-state index contributed by atoms with van der Waals surface area (Å²) in [5, 5.41) is 3.13. The van der Waals surface area contributed by atoms with Crippen molar-refractivity contribution in [3.05, 3.63) is 89.5 Å². The number of hydrogen-bond donors (Lipinski definition) is 1. The van der Waals surface area contributed by atoms with Crippen LogP contribution in [0.15, 0.2) is 82.6 Å². The molecule has 32 heavy (non-hydrogen) atoms. The summed E-state index contributed by atoms with van der Waals surface area (Å²) in [5.41, 5.74) is 3.48. The van der Waals surface area contributed by atoms with Gasteiger partial charge in [0.1, 0.15) is 0 Å². The summed E-state index contributed by atoms with van der Waals surface area (Å²) >= 11 is 1.56. The van der Waals surface area contributed by atoms with E-state index in [0.29, 0.717) is 11.3 Å². The SMILES string of the molecule is CSc1ccc(S(=O)(=O)N(C)c2ccc(C(=O)N[C@H]3CCCc4ccccc43)cc2)cc1. The van der Waals surface area contributed by atoms with E-state index in [-0.39, 0.29) is 16.8 Å². The normalized spacial score (nSPS) is 15.6. The van der Waals surface area contributed by atoms with Crippen LogP contribution in [0.3, 0.4) is 0 Å². The van der Waals surface area contributed by atoms with Gasteiger partial charge in [0, 0.05) is 17.5 Å². The third kappa shape index (κ3) is 4.54. The van der Waals surface area contributed by atoms with E-state index in [1.807, 2.05) is 18.4 Å². The molecule has 0 saturated carbocycles. The van der Waals surface area contributed by atoms with E-state index in [2.05, 4.69) is 17.4 Å². The fraction of sp³-hybridized carbons (Fsp3) is 0.240. The number of rotatable bonds is 6. The summed E-state index contributed by atoms with van der Waals surface area (Å²) in [5.74, 6) is -0.156. The van der Waals surface area contributed by atoms with E-state index in [1.165, 1.54) is 22.5 Å². The van der Waals surface area contributed by atoms with Crippen LogP contribution in [0.1, 0.15) is 40.4 Å². The average molecular weight is 467 g/mol. The second-order valence-electron chi connectivity index (χ2n) is 7.81. The van der Waals surface area contributed by atoms with Crippen molar-refractivity contribution in [3.63, 3.8) is 0 Å². The highest BCUT2D eigenvalue weighted by Crippen LogP contribution is 2.30. The molecule has 0 heterocycles. The number of nitrogens with zero attached hydrogens (tertiary/aromatic N) is 1. The molecular formula is C25H26N2O3S2. The molecule has 0 unspecified atom stereocenters. The number of carbonyl (C=O) groups is 1. The molecule has 4 rings (SSSR count). The van der Waals surface area contributed by atoms with Crippen LogP contribution in [0.25, 0.3) is 0 Å². The van der Waals surface area contributed by atoms with Crippen molar-refractivity contribution in [1.29, 1.82) is 0 Å². The van der Waals surface area contributed by atoms with Gasteiger partial charge < -0.3 is 5.32 Å². The first kappa shape index (κ1) is 22.4. The van der Waals surface area contributed by atoms with Crippen LogP contribution in [0.2, 0.25) is 0 Å². The zero-order valence-electron chi connectivity index (χ0n) is 18.1. The smallest absolute Gasteiger partial charge is 0.264 e. The Morgan fingerprint density at radius 3 is 2.38 bits per heavy atom. The lowest BCUT2D eigenvalue weighted by Crippen LogP contribution is -2.31. The minimum Gasteiger partial charge on any atom is -0.345 e. The number of aryl methyl sites for hydroxylation is 1. The molecule has 3 aromatic rings. The molecule has 1 aliphatic carbocycles. The number of anilines is 1. The molecule has 0 spiro atoms. The Morgan fingerprint density at radius 2 is 1.69 bits per heavy atom. The van der Waals surface area contributed by atoms with Crippen molar-refractivity contribution in [3.8, 4) is 0 Å². The number of hydrogen-bond acceptors (Lipinski definition) is 4. The van der Waals surface area contributed by atoms with Gasteiger partial charge in [0.05, 0.1) is 16.6 Å². The standard InChI is InChI=1S/C25H26N2O3S2/c1-27(32(29,30)22-16-14-21(31-2)15-17-22)20-12-10-19(11-13-20)25(28)26-24-9-5-7-18-6-3-4-8-23(18)24/h3-4,6,8,10-17,24H,5,7,9H2,1-2H3,(H,26,28)/t24-/m0/s1. The summed E-state index contributed by atoms with van der Waals surface area (Å²) in [7, 11) is -2.16. The quantitative estimate of drug-likeness (QED) is 0.517. The van der Waals surface area contributed by atoms with Gasteiger partial charge in [-0.05, 0) is 85.2 Å². The number of carbonyl (C=O) groups excluding carboxylic acids is 1. The Hall–Kier alpha value is -2.77. The van der Waals surface area contributed by atoms with Crippen LogP contribution in [0, 0.1) is 0 Å². The molecule has 0 fully saturated rings. The van der Waals surface area contributed by atoms with E-state index in [4.69, 9.17) is 0 Å². The Bertz CT molecular complexity index is 1210. The van der Waals surface area contributed by atoms with Gasteiger partial charge in [0.25, 0.3) is 15.9 Å². The third-order valence-electron chi connectivity index (χ3n) is 5.89. The minimum absolute atomic E-state index is 0.000524. The largest absolute Gasteiger partial charge is 0.345 e. The molecule has 3 aromatic carbocycles.